The Morgan fingerprint density at radius 1 is 1.24 bits per heavy atom. The summed E-state index contributed by atoms with van der Waals surface area (Å²) in [4.78, 5) is 28.7. The minimum atomic E-state index is -0.239. The number of amides is 2. The zero-order valence-electron chi connectivity index (χ0n) is 13.8. The van der Waals surface area contributed by atoms with Gasteiger partial charge in [-0.3, -0.25) is 9.59 Å². The van der Waals surface area contributed by atoms with Crippen LogP contribution < -0.4 is 10.6 Å². The van der Waals surface area contributed by atoms with E-state index in [1.165, 1.54) is 18.3 Å². The van der Waals surface area contributed by atoms with E-state index in [1.54, 1.807) is 18.4 Å². The number of hydrogen-bond donors (Lipinski definition) is 2. The minimum absolute atomic E-state index is 0.135. The first-order valence-electron chi connectivity index (χ1n) is 7.69. The summed E-state index contributed by atoms with van der Waals surface area (Å²) in [6.07, 6.45) is 1.58. The lowest BCUT2D eigenvalue weighted by atomic mass is 10.2. The fourth-order valence-electron chi connectivity index (χ4n) is 2.34. The molecule has 6 nitrogen and oxygen atoms in total. The fourth-order valence-corrected chi connectivity index (χ4v) is 3.22. The van der Waals surface area contributed by atoms with Crippen molar-refractivity contribution >= 4 is 28.8 Å². The largest absolute Gasteiger partial charge is 0.462 e. The summed E-state index contributed by atoms with van der Waals surface area (Å²) < 4.78 is 5.32. The summed E-state index contributed by atoms with van der Waals surface area (Å²) >= 11 is 1.42. The van der Waals surface area contributed by atoms with Crippen LogP contribution in [0.3, 0.4) is 0 Å². The summed E-state index contributed by atoms with van der Waals surface area (Å²) in [5.41, 5.74) is 1.98. The van der Waals surface area contributed by atoms with E-state index in [1.807, 2.05) is 31.2 Å². The third-order valence-electron chi connectivity index (χ3n) is 3.44. The van der Waals surface area contributed by atoms with Crippen LogP contribution in [0.4, 0.5) is 5.69 Å². The molecule has 0 fully saturated rings. The number of anilines is 1. The average Bonchev–Trinajstić information content (AvgIpc) is 3.21. The molecule has 0 aliphatic heterocycles. The zero-order valence-corrected chi connectivity index (χ0v) is 14.6. The van der Waals surface area contributed by atoms with Crippen molar-refractivity contribution in [2.45, 2.75) is 20.4 Å². The standard InChI is InChI=1S/C18H17N3O3S/c1-11-16(21-18(25-11)15-7-4-8-24-15)17(23)19-10-13-5-3-6-14(9-13)20-12(2)22/h3-9H,10H2,1-2H3,(H,19,23)(H,20,22). The highest BCUT2D eigenvalue weighted by Crippen LogP contribution is 2.27. The van der Waals surface area contributed by atoms with E-state index < -0.39 is 0 Å². The molecule has 0 radical (unpaired) electrons. The van der Waals surface area contributed by atoms with Gasteiger partial charge in [0.25, 0.3) is 5.91 Å². The van der Waals surface area contributed by atoms with Crippen molar-refractivity contribution in [3.05, 3.63) is 58.8 Å². The molecular weight excluding hydrogens is 338 g/mol. The minimum Gasteiger partial charge on any atom is -0.462 e. The van der Waals surface area contributed by atoms with Crippen LogP contribution >= 0.6 is 11.3 Å². The number of carbonyl (C=O) groups excluding carboxylic acids is 2. The van der Waals surface area contributed by atoms with Gasteiger partial charge >= 0.3 is 0 Å². The molecule has 3 aromatic rings. The Bertz CT molecular complexity index is 900. The summed E-state index contributed by atoms with van der Waals surface area (Å²) in [5.74, 6) is 0.274. The Balaban J connectivity index is 1.68. The normalized spacial score (nSPS) is 10.5. The van der Waals surface area contributed by atoms with Gasteiger partial charge in [0, 0.05) is 24.0 Å². The molecule has 0 unspecified atom stereocenters. The van der Waals surface area contributed by atoms with Gasteiger partial charge in [0.05, 0.1) is 6.26 Å². The third kappa shape index (κ3) is 4.13. The molecule has 1 aromatic carbocycles. The molecule has 0 saturated carbocycles. The van der Waals surface area contributed by atoms with Crippen molar-refractivity contribution in [2.75, 3.05) is 5.32 Å². The van der Waals surface area contributed by atoms with E-state index in [-0.39, 0.29) is 11.8 Å². The molecule has 2 N–H and O–H groups in total. The summed E-state index contributed by atoms with van der Waals surface area (Å²) in [6.45, 7) is 3.66. The topological polar surface area (TPSA) is 84.2 Å². The molecule has 0 aliphatic carbocycles. The van der Waals surface area contributed by atoms with Crippen LogP contribution in [0.15, 0.2) is 47.1 Å². The van der Waals surface area contributed by atoms with Crippen LogP contribution in [0.1, 0.15) is 27.9 Å². The van der Waals surface area contributed by atoms with Crippen molar-refractivity contribution in [3.63, 3.8) is 0 Å². The van der Waals surface area contributed by atoms with Crippen LogP contribution in [0, 0.1) is 6.92 Å². The molecule has 0 atom stereocenters. The quantitative estimate of drug-likeness (QED) is 0.732. The summed E-state index contributed by atoms with van der Waals surface area (Å²) in [5, 5.41) is 6.26. The van der Waals surface area contributed by atoms with Crippen molar-refractivity contribution in [1.29, 1.82) is 0 Å². The van der Waals surface area contributed by atoms with Crippen LogP contribution in [-0.2, 0) is 11.3 Å². The molecule has 0 aliphatic rings. The lowest BCUT2D eigenvalue weighted by Crippen LogP contribution is -2.23. The Morgan fingerprint density at radius 2 is 2.08 bits per heavy atom. The highest BCUT2D eigenvalue weighted by atomic mass is 32.1. The lowest BCUT2D eigenvalue weighted by Gasteiger charge is -2.07. The van der Waals surface area contributed by atoms with Gasteiger partial charge < -0.3 is 15.1 Å². The smallest absolute Gasteiger partial charge is 0.271 e. The van der Waals surface area contributed by atoms with Crippen LogP contribution in [-0.4, -0.2) is 16.8 Å². The molecule has 2 heterocycles. The number of nitrogens with zero attached hydrogens (tertiary/aromatic N) is 1. The number of hydrogen-bond acceptors (Lipinski definition) is 5. The number of benzene rings is 1. The first-order valence-corrected chi connectivity index (χ1v) is 8.50. The van der Waals surface area contributed by atoms with Crippen LogP contribution in [0.25, 0.3) is 10.8 Å². The number of furan rings is 1. The second kappa shape index (κ2) is 7.31. The van der Waals surface area contributed by atoms with E-state index in [9.17, 15) is 9.59 Å². The van der Waals surface area contributed by atoms with E-state index >= 15 is 0 Å². The molecule has 2 amide bonds. The predicted octanol–water partition coefficient (Wildman–Crippen LogP) is 3.60. The maximum atomic E-state index is 12.4. The molecule has 0 spiro atoms. The summed E-state index contributed by atoms with van der Waals surface area (Å²) in [6, 6.07) is 10.9. The van der Waals surface area contributed by atoms with Crippen LogP contribution in [0.5, 0.6) is 0 Å². The van der Waals surface area contributed by atoms with E-state index in [2.05, 4.69) is 15.6 Å². The lowest BCUT2D eigenvalue weighted by molar-refractivity contribution is -0.114. The van der Waals surface area contributed by atoms with Crippen molar-refractivity contribution in [1.82, 2.24) is 10.3 Å². The Labute approximate surface area is 148 Å². The Kier molecular flexibility index (Phi) is 4.95. The van der Waals surface area contributed by atoms with Crippen molar-refractivity contribution in [2.24, 2.45) is 0 Å². The molecule has 3 rings (SSSR count). The van der Waals surface area contributed by atoms with Gasteiger partial charge in [-0.25, -0.2) is 4.98 Å². The first kappa shape index (κ1) is 16.9. The highest BCUT2D eigenvalue weighted by molar-refractivity contribution is 7.15. The second-order valence-electron chi connectivity index (χ2n) is 5.47. The monoisotopic (exact) mass is 355 g/mol. The number of aryl methyl sites for hydroxylation is 1. The number of thiazole rings is 1. The van der Waals surface area contributed by atoms with Gasteiger partial charge in [0.15, 0.2) is 10.8 Å². The van der Waals surface area contributed by atoms with Gasteiger partial charge in [-0.2, -0.15) is 0 Å². The molecule has 0 bridgehead atoms. The average molecular weight is 355 g/mol. The van der Waals surface area contributed by atoms with Gasteiger partial charge in [-0.1, -0.05) is 12.1 Å². The SMILES string of the molecule is CC(=O)Nc1cccc(CNC(=O)c2nc(-c3ccco3)sc2C)c1. The molecule has 0 saturated heterocycles. The number of rotatable bonds is 5. The maximum absolute atomic E-state index is 12.4. The fraction of sp³-hybridized carbons (Fsp3) is 0.167. The molecule has 25 heavy (non-hydrogen) atoms. The highest BCUT2D eigenvalue weighted by Gasteiger charge is 2.17. The number of nitrogens with one attached hydrogen (secondary N) is 2. The molecule has 128 valence electrons. The zero-order chi connectivity index (χ0) is 17.8. The summed E-state index contributed by atoms with van der Waals surface area (Å²) in [7, 11) is 0. The predicted molar refractivity (Wildman–Crippen MR) is 96.5 cm³/mol. The van der Waals surface area contributed by atoms with Crippen LogP contribution in [0.2, 0.25) is 0 Å². The molecular formula is C18H17N3O3S. The van der Waals surface area contributed by atoms with E-state index in [0.29, 0.717) is 28.7 Å². The molecule has 7 heteroatoms. The Hall–Kier alpha value is -2.93. The van der Waals surface area contributed by atoms with E-state index in [0.717, 1.165) is 10.4 Å². The number of carbonyl (C=O) groups is 2. The van der Waals surface area contributed by atoms with Gasteiger partial charge in [-0.15, -0.1) is 11.3 Å². The van der Waals surface area contributed by atoms with E-state index in [4.69, 9.17) is 4.42 Å². The Morgan fingerprint density at radius 3 is 2.80 bits per heavy atom. The third-order valence-corrected chi connectivity index (χ3v) is 4.43. The van der Waals surface area contributed by atoms with Gasteiger partial charge in [0.2, 0.25) is 5.91 Å². The maximum Gasteiger partial charge on any atom is 0.271 e. The van der Waals surface area contributed by atoms with Gasteiger partial charge in [0.1, 0.15) is 5.69 Å². The van der Waals surface area contributed by atoms with Crippen molar-refractivity contribution < 1.29 is 14.0 Å². The first-order chi connectivity index (χ1) is 12.0. The molecule has 2 aromatic heterocycles. The second-order valence-corrected chi connectivity index (χ2v) is 6.67. The van der Waals surface area contributed by atoms with Crippen molar-refractivity contribution in [3.8, 4) is 10.8 Å². The van der Waals surface area contributed by atoms with Gasteiger partial charge in [-0.05, 0) is 36.8 Å². The number of aromatic nitrogens is 1.